The lowest BCUT2D eigenvalue weighted by Gasteiger charge is -2.17. The quantitative estimate of drug-likeness (QED) is 0.512. The molecular weight excluding hydrogens is 314 g/mol. The van der Waals surface area contributed by atoms with Crippen LogP contribution in [0.4, 0.5) is 0 Å². The molecule has 25 heavy (non-hydrogen) atoms. The minimum atomic E-state index is -0.167. The summed E-state index contributed by atoms with van der Waals surface area (Å²) in [5.41, 5.74) is 3.71. The molecule has 0 radical (unpaired) electrons. The van der Waals surface area contributed by atoms with E-state index in [9.17, 15) is 9.59 Å². The van der Waals surface area contributed by atoms with Gasteiger partial charge in [0.15, 0.2) is 11.6 Å². The van der Waals surface area contributed by atoms with Crippen molar-refractivity contribution in [3.8, 4) is 11.4 Å². The third-order valence-corrected chi connectivity index (χ3v) is 4.48. The summed E-state index contributed by atoms with van der Waals surface area (Å²) in [7, 11) is 0. The Morgan fingerprint density at radius 3 is 2.36 bits per heavy atom. The normalized spacial score (nSPS) is 13.0. The number of aromatic nitrogens is 3. The number of pyridine rings is 1. The van der Waals surface area contributed by atoms with Gasteiger partial charge in [0.05, 0.1) is 11.1 Å². The first kappa shape index (κ1) is 13.8. The number of nitrogens with zero attached hydrogens (tertiary/aromatic N) is 2. The molecule has 0 spiro atoms. The van der Waals surface area contributed by atoms with Crippen molar-refractivity contribution in [2.75, 3.05) is 0 Å². The summed E-state index contributed by atoms with van der Waals surface area (Å²) in [6, 6.07) is 14.1. The maximum atomic E-state index is 13.0. The molecular formula is C20H11N3O2. The molecule has 2 heterocycles. The molecule has 0 fully saturated rings. The van der Waals surface area contributed by atoms with Crippen molar-refractivity contribution >= 4 is 22.6 Å². The summed E-state index contributed by atoms with van der Waals surface area (Å²) < 4.78 is 0. The van der Waals surface area contributed by atoms with E-state index in [1.807, 2.05) is 12.1 Å². The SMILES string of the molecule is O=C1c2ccccc2C(=O)c2c1ccc1[nH]c(-c3cccnc3)nc21. The van der Waals surface area contributed by atoms with E-state index >= 15 is 0 Å². The predicted molar refractivity (Wildman–Crippen MR) is 92.6 cm³/mol. The van der Waals surface area contributed by atoms with Crippen molar-refractivity contribution in [2.24, 2.45) is 0 Å². The van der Waals surface area contributed by atoms with Crippen LogP contribution < -0.4 is 0 Å². The number of aromatic amines is 1. The lowest BCUT2D eigenvalue weighted by Crippen LogP contribution is -2.21. The highest BCUT2D eigenvalue weighted by atomic mass is 16.1. The fraction of sp³-hybridized carbons (Fsp3) is 0. The first-order valence-corrected chi connectivity index (χ1v) is 7.85. The molecule has 0 aliphatic heterocycles. The van der Waals surface area contributed by atoms with Gasteiger partial charge in [-0.1, -0.05) is 24.3 Å². The smallest absolute Gasteiger partial charge is 0.196 e. The number of hydrogen-bond donors (Lipinski definition) is 1. The first-order valence-electron chi connectivity index (χ1n) is 7.85. The second-order valence-corrected chi connectivity index (χ2v) is 5.92. The van der Waals surface area contributed by atoms with E-state index < -0.39 is 0 Å². The molecule has 5 heteroatoms. The summed E-state index contributed by atoms with van der Waals surface area (Å²) in [6.45, 7) is 0. The van der Waals surface area contributed by atoms with Crippen LogP contribution >= 0.6 is 0 Å². The highest BCUT2D eigenvalue weighted by Crippen LogP contribution is 2.32. The number of nitrogens with one attached hydrogen (secondary N) is 1. The summed E-state index contributed by atoms with van der Waals surface area (Å²) in [6.07, 6.45) is 3.39. The number of carbonyl (C=O) groups excluding carboxylic acids is 2. The molecule has 1 N–H and O–H groups in total. The fourth-order valence-corrected chi connectivity index (χ4v) is 3.29. The molecule has 4 aromatic rings. The van der Waals surface area contributed by atoms with Gasteiger partial charge < -0.3 is 4.98 Å². The zero-order chi connectivity index (χ0) is 17.0. The van der Waals surface area contributed by atoms with Gasteiger partial charge in [-0.2, -0.15) is 0 Å². The number of ketones is 2. The average Bonchev–Trinajstić information content (AvgIpc) is 3.10. The van der Waals surface area contributed by atoms with Crippen LogP contribution in [0.15, 0.2) is 60.9 Å². The fourth-order valence-electron chi connectivity index (χ4n) is 3.29. The number of rotatable bonds is 1. The molecule has 1 aliphatic rings. The van der Waals surface area contributed by atoms with Crippen molar-refractivity contribution in [3.63, 3.8) is 0 Å². The van der Waals surface area contributed by atoms with Gasteiger partial charge in [-0.15, -0.1) is 0 Å². The average molecular weight is 325 g/mol. The summed E-state index contributed by atoms with van der Waals surface area (Å²) >= 11 is 0. The third-order valence-electron chi connectivity index (χ3n) is 4.48. The van der Waals surface area contributed by atoms with Crippen molar-refractivity contribution in [3.05, 3.63) is 83.2 Å². The van der Waals surface area contributed by atoms with Gasteiger partial charge in [-0.3, -0.25) is 14.6 Å². The third kappa shape index (κ3) is 1.89. The second kappa shape index (κ2) is 4.95. The molecule has 118 valence electrons. The van der Waals surface area contributed by atoms with Crippen LogP contribution in [0.25, 0.3) is 22.4 Å². The van der Waals surface area contributed by atoms with Crippen molar-refractivity contribution in [2.45, 2.75) is 0 Å². The van der Waals surface area contributed by atoms with Crippen LogP contribution in [-0.4, -0.2) is 26.5 Å². The second-order valence-electron chi connectivity index (χ2n) is 5.92. The molecule has 0 saturated heterocycles. The van der Waals surface area contributed by atoms with Gasteiger partial charge in [-0.05, 0) is 24.3 Å². The van der Waals surface area contributed by atoms with Crippen LogP contribution in [0.3, 0.4) is 0 Å². The van der Waals surface area contributed by atoms with E-state index in [2.05, 4.69) is 15.0 Å². The number of fused-ring (bicyclic) bond motifs is 4. The Bertz CT molecular complexity index is 1180. The predicted octanol–water partition coefficient (Wildman–Crippen LogP) is 3.40. The van der Waals surface area contributed by atoms with Gasteiger partial charge in [0.2, 0.25) is 0 Å². The Kier molecular flexibility index (Phi) is 2.73. The molecule has 0 bridgehead atoms. The Labute approximate surface area is 142 Å². The van der Waals surface area contributed by atoms with Gasteiger partial charge in [-0.25, -0.2) is 4.98 Å². The topological polar surface area (TPSA) is 75.7 Å². The Morgan fingerprint density at radius 2 is 1.60 bits per heavy atom. The molecule has 0 saturated carbocycles. The van der Waals surface area contributed by atoms with Crippen LogP contribution in [-0.2, 0) is 0 Å². The van der Waals surface area contributed by atoms with Crippen LogP contribution in [0.5, 0.6) is 0 Å². The van der Waals surface area contributed by atoms with E-state index in [1.54, 1.807) is 48.8 Å². The van der Waals surface area contributed by atoms with Gasteiger partial charge >= 0.3 is 0 Å². The maximum Gasteiger partial charge on any atom is 0.196 e. The standard InChI is InChI=1S/C20H11N3O2/c24-18-12-5-1-2-6-13(12)19(25)16-14(18)7-8-15-17(16)23-20(22-15)11-4-3-9-21-10-11/h1-10H,(H,22,23). The van der Waals surface area contributed by atoms with Crippen LogP contribution in [0, 0.1) is 0 Å². The highest BCUT2D eigenvalue weighted by molar-refractivity contribution is 6.31. The van der Waals surface area contributed by atoms with Crippen LogP contribution in [0.1, 0.15) is 31.8 Å². The summed E-state index contributed by atoms with van der Waals surface area (Å²) in [5, 5.41) is 0. The number of benzene rings is 2. The van der Waals surface area contributed by atoms with Crippen molar-refractivity contribution in [1.29, 1.82) is 0 Å². The Morgan fingerprint density at radius 1 is 0.800 bits per heavy atom. The largest absolute Gasteiger partial charge is 0.338 e. The molecule has 1 aliphatic carbocycles. The zero-order valence-corrected chi connectivity index (χ0v) is 13.0. The van der Waals surface area contributed by atoms with E-state index in [-0.39, 0.29) is 11.6 Å². The number of carbonyl (C=O) groups is 2. The molecule has 0 amide bonds. The van der Waals surface area contributed by atoms with E-state index in [4.69, 9.17) is 0 Å². The number of imidazole rings is 1. The lowest BCUT2D eigenvalue weighted by atomic mass is 9.83. The summed E-state index contributed by atoms with van der Waals surface area (Å²) in [5.74, 6) is 0.314. The molecule has 5 nitrogen and oxygen atoms in total. The minimum Gasteiger partial charge on any atom is -0.338 e. The molecule has 0 unspecified atom stereocenters. The Hall–Kier alpha value is -3.60. The van der Waals surface area contributed by atoms with Gasteiger partial charge in [0.25, 0.3) is 0 Å². The summed E-state index contributed by atoms with van der Waals surface area (Å²) in [4.78, 5) is 37.7. The first-order chi connectivity index (χ1) is 12.2. The van der Waals surface area contributed by atoms with Crippen molar-refractivity contribution in [1.82, 2.24) is 15.0 Å². The van der Waals surface area contributed by atoms with E-state index in [1.165, 1.54) is 0 Å². The molecule has 0 atom stereocenters. The lowest BCUT2D eigenvalue weighted by molar-refractivity contribution is 0.0980. The van der Waals surface area contributed by atoms with Gasteiger partial charge in [0, 0.05) is 34.6 Å². The highest BCUT2D eigenvalue weighted by Gasteiger charge is 2.31. The van der Waals surface area contributed by atoms with E-state index in [0.717, 1.165) is 11.1 Å². The van der Waals surface area contributed by atoms with Crippen LogP contribution in [0.2, 0.25) is 0 Å². The molecule has 2 aromatic heterocycles. The monoisotopic (exact) mass is 325 g/mol. The van der Waals surface area contributed by atoms with Crippen molar-refractivity contribution < 1.29 is 9.59 Å². The Balaban J connectivity index is 1.79. The van der Waals surface area contributed by atoms with Gasteiger partial charge in [0.1, 0.15) is 11.3 Å². The number of hydrogen-bond acceptors (Lipinski definition) is 4. The molecule has 5 rings (SSSR count). The maximum absolute atomic E-state index is 13.0. The molecule has 2 aromatic carbocycles. The minimum absolute atomic E-state index is 0.141. The zero-order valence-electron chi connectivity index (χ0n) is 13.0. The van der Waals surface area contributed by atoms with E-state index in [0.29, 0.717) is 33.6 Å². The number of H-pyrrole nitrogens is 1.